The summed E-state index contributed by atoms with van der Waals surface area (Å²) < 4.78 is 36.2. The normalized spacial score (nSPS) is 15.2. The Morgan fingerprint density at radius 3 is 2.77 bits per heavy atom. The average molecular weight is 462 g/mol. The summed E-state index contributed by atoms with van der Waals surface area (Å²) in [4.78, 5) is 2.22. The lowest BCUT2D eigenvalue weighted by atomic mass is 10.2. The molecular weight excluding hydrogens is 442 g/mol. The van der Waals surface area contributed by atoms with Crippen molar-refractivity contribution < 1.29 is 12.8 Å². The van der Waals surface area contributed by atoms with Crippen molar-refractivity contribution in [2.45, 2.75) is 11.1 Å². The van der Waals surface area contributed by atoms with Gasteiger partial charge in [0.2, 0.25) is 0 Å². The zero-order valence-electron chi connectivity index (χ0n) is 16.2. The van der Waals surface area contributed by atoms with Gasteiger partial charge in [0.1, 0.15) is 4.21 Å². The van der Waals surface area contributed by atoms with Gasteiger partial charge in [-0.15, -0.1) is 11.3 Å². The van der Waals surface area contributed by atoms with Crippen LogP contribution in [0.1, 0.15) is 5.56 Å². The number of aryl methyl sites for hydroxylation is 1. The van der Waals surface area contributed by atoms with Crippen LogP contribution in [0, 0.1) is 6.92 Å². The third-order valence-electron chi connectivity index (χ3n) is 5.34. The van der Waals surface area contributed by atoms with Crippen molar-refractivity contribution in [1.82, 2.24) is 5.32 Å². The van der Waals surface area contributed by atoms with Gasteiger partial charge < -0.3 is 14.6 Å². The van der Waals surface area contributed by atoms with Crippen LogP contribution in [0.25, 0.3) is 21.1 Å². The molecule has 1 aliphatic heterocycles. The molecule has 0 atom stereocenters. The summed E-state index contributed by atoms with van der Waals surface area (Å²) >= 11 is 7.35. The summed E-state index contributed by atoms with van der Waals surface area (Å²) in [5.41, 5.74) is 2.90. The predicted molar refractivity (Wildman–Crippen MR) is 124 cm³/mol. The number of fused-ring (bicyclic) bond motifs is 2. The number of benzene rings is 2. The molecule has 2 N–H and O–H groups in total. The van der Waals surface area contributed by atoms with Gasteiger partial charge in [-0.05, 0) is 54.3 Å². The van der Waals surface area contributed by atoms with E-state index in [1.165, 1.54) is 11.3 Å². The Balaban J connectivity index is 1.56. The number of furan rings is 1. The van der Waals surface area contributed by atoms with E-state index in [1.54, 1.807) is 12.3 Å². The minimum absolute atomic E-state index is 0.302. The highest BCUT2D eigenvalue weighted by atomic mass is 35.5. The van der Waals surface area contributed by atoms with Crippen LogP contribution in [-0.2, 0) is 10.0 Å². The van der Waals surface area contributed by atoms with Gasteiger partial charge in [-0.3, -0.25) is 4.72 Å². The van der Waals surface area contributed by atoms with Gasteiger partial charge >= 0.3 is 0 Å². The molecule has 0 amide bonds. The van der Waals surface area contributed by atoms with E-state index in [2.05, 4.69) is 14.9 Å². The third kappa shape index (κ3) is 3.43. The van der Waals surface area contributed by atoms with Crippen molar-refractivity contribution in [3.63, 3.8) is 0 Å². The first-order valence-corrected chi connectivity index (χ1v) is 12.3. The molecule has 3 heterocycles. The Labute approximate surface area is 183 Å². The molecule has 9 heteroatoms. The first kappa shape index (κ1) is 19.7. The molecule has 0 spiro atoms. The molecule has 1 fully saturated rings. The van der Waals surface area contributed by atoms with Gasteiger partial charge in [-0.1, -0.05) is 11.6 Å². The SMILES string of the molecule is Cc1c(S(=O)(=O)Nc2cc(N3CCNCC3)c3occc3c2)sc2ccc(Cl)cc12. The second-order valence-corrected chi connectivity index (χ2v) is 10.7. The number of hydrogen-bond donors (Lipinski definition) is 2. The zero-order valence-corrected chi connectivity index (χ0v) is 18.6. The molecule has 0 aliphatic carbocycles. The van der Waals surface area contributed by atoms with Gasteiger partial charge in [0.05, 0.1) is 17.6 Å². The summed E-state index contributed by atoms with van der Waals surface area (Å²) in [5.74, 6) is 0. The zero-order chi connectivity index (χ0) is 20.9. The maximum atomic E-state index is 13.3. The number of piperazine rings is 1. The highest BCUT2D eigenvalue weighted by Gasteiger charge is 2.24. The first-order valence-electron chi connectivity index (χ1n) is 9.61. The Hall–Kier alpha value is -2.26. The molecule has 5 rings (SSSR count). The summed E-state index contributed by atoms with van der Waals surface area (Å²) in [7, 11) is -3.75. The summed E-state index contributed by atoms with van der Waals surface area (Å²) in [5, 5.41) is 5.65. The van der Waals surface area contributed by atoms with Gasteiger partial charge in [0.25, 0.3) is 10.0 Å². The highest BCUT2D eigenvalue weighted by Crippen LogP contribution is 2.38. The Morgan fingerprint density at radius 2 is 1.97 bits per heavy atom. The van der Waals surface area contributed by atoms with Crippen molar-refractivity contribution in [3.05, 3.63) is 53.2 Å². The molecule has 2 aromatic carbocycles. The van der Waals surface area contributed by atoms with Gasteiger partial charge in [-0.2, -0.15) is 0 Å². The molecule has 156 valence electrons. The fourth-order valence-corrected chi connectivity index (χ4v) is 6.85. The smallest absolute Gasteiger partial charge is 0.271 e. The maximum absolute atomic E-state index is 13.3. The average Bonchev–Trinajstić information content (AvgIpc) is 3.33. The fourth-order valence-electron chi connectivity index (χ4n) is 3.89. The molecule has 6 nitrogen and oxygen atoms in total. The minimum Gasteiger partial charge on any atom is -0.462 e. The van der Waals surface area contributed by atoms with E-state index in [0.717, 1.165) is 52.9 Å². The Morgan fingerprint density at radius 1 is 1.17 bits per heavy atom. The summed E-state index contributed by atoms with van der Waals surface area (Å²) in [6.07, 6.45) is 1.63. The topological polar surface area (TPSA) is 74.6 Å². The summed E-state index contributed by atoms with van der Waals surface area (Å²) in [6.45, 7) is 5.24. The molecule has 4 aromatic rings. The second kappa shape index (κ2) is 7.46. The lowest BCUT2D eigenvalue weighted by molar-refractivity contribution is 0.579. The number of nitrogens with one attached hydrogen (secondary N) is 2. The quantitative estimate of drug-likeness (QED) is 0.455. The van der Waals surface area contributed by atoms with Crippen LogP contribution in [-0.4, -0.2) is 34.6 Å². The number of thiophene rings is 1. The van der Waals surface area contributed by atoms with E-state index >= 15 is 0 Å². The number of nitrogens with zero attached hydrogens (tertiary/aromatic N) is 1. The molecule has 1 saturated heterocycles. The van der Waals surface area contributed by atoms with Gasteiger partial charge in [0, 0.05) is 41.3 Å². The Bertz CT molecular complexity index is 1350. The van der Waals surface area contributed by atoms with E-state index in [9.17, 15) is 8.42 Å². The van der Waals surface area contributed by atoms with Crippen molar-refractivity contribution in [2.75, 3.05) is 35.8 Å². The summed E-state index contributed by atoms with van der Waals surface area (Å²) in [6, 6.07) is 11.0. The lowest BCUT2D eigenvalue weighted by Crippen LogP contribution is -2.43. The fraction of sp³-hybridized carbons (Fsp3) is 0.238. The van der Waals surface area contributed by atoms with Crippen molar-refractivity contribution in [2.24, 2.45) is 0 Å². The largest absolute Gasteiger partial charge is 0.462 e. The lowest BCUT2D eigenvalue weighted by Gasteiger charge is -2.29. The molecule has 0 bridgehead atoms. The van der Waals surface area contributed by atoms with Crippen LogP contribution in [0.3, 0.4) is 0 Å². The molecule has 1 aliphatic rings. The second-order valence-electron chi connectivity index (χ2n) is 7.33. The third-order valence-corrected chi connectivity index (χ3v) is 8.85. The standard InChI is InChI=1S/C21H20ClN3O3S2/c1-13-17-11-15(22)2-3-19(17)29-21(13)30(26,27)24-16-10-14-4-9-28-20(14)18(12-16)25-7-5-23-6-8-25/h2-4,9-12,23-24H,5-8H2,1H3. The van der Waals surface area contributed by atoms with Crippen LogP contribution in [0.5, 0.6) is 0 Å². The number of hydrogen-bond acceptors (Lipinski definition) is 6. The van der Waals surface area contributed by atoms with E-state index < -0.39 is 10.0 Å². The van der Waals surface area contributed by atoms with Gasteiger partial charge in [-0.25, -0.2) is 8.42 Å². The number of halogens is 1. The highest BCUT2D eigenvalue weighted by molar-refractivity contribution is 7.94. The molecule has 30 heavy (non-hydrogen) atoms. The van der Waals surface area contributed by atoms with Crippen molar-refractivity contribution >= 4 is 65.4 Å². The number of anilines is 2. The van der Waals surface area contributed by atoms with Crippen LogP contribution in [0.4, 0.5) is 11.4 Å². The number of sulfonamides is 1. The van der Waals surface area contributed by atoms with Crippen molar-refractivity contribution in [3.8, 4) is 0 Å². The molecule has 0 saturated carbocycles. The first-order chi connectivity index (χ1) is 14.4. The van der Waals surface area contributed by atoms with Crippen LogP contribution in [0.2, 0.25) is 5.02 Å². The predicted octanol–water partition coefficient (Wildman–Crippen LogP) is 4.82. The van der Waals surface area contributed by atoms with E-state index in [1.807, 2.05) is 37.3 Å². The number of rotatable bonds is 4. The monoisotopic (exact) mass is 461 g/mol. The van der Waals surface area contributed by atoms with Gasteiger partial charge in [0.15, 0.2) is 5.58 Å². The molecule has 2 aromatic heterocycles. The van der Waals surface area contributed by atoms with E-state index in [4.69, 9.17) is 16.0 Å². The van der Waals surface area contributed by atoms with Crippen LogP contribution >= 0.6 is 22.9 Å². The van der Waals surface area contributed by atoms with Crippen LogP contribution in [0.15, 0.2) is 51.3 Å². The molecule has 0 radical (unpaired) electrons. The molecule has 0 unspecified atom stereocenters. The van der Waals surface area contributed by atoms with Crippen LogP contribution < -0.4 is 14.9 Å². The minimum atomic E-state index is -3.75. The maximum Gasteiger partial charge on any atom is 0.271 e. The Kier molecular flexibility index (Phi) is 4.89. The van der Waals surface area contributed by atoms with E-state index in [0.29, 0.717) is 20.5 Å². The molecular formula is C21H20ClN3O3S2. The van der Waals surface area contributed by atoms with Crippen molar-refractivity contribution in [1.29, 1.82) is 0 Å². The van der Waals surface area contributed by atoms with E-state index in [-0.39, 0.29) is 0 Å².